The molecule has 0 radical (unpaired) electrons. The molecule has 4 N–H and O–H groups in total. The van der Waals surface area contributed by atoms with Crippen molar-refractivity contribution in [3.63, 3.8) is 0 Å². The van der Waals surface area contributed by atoms with Gasteiger partial charge in [0.1, 0.15) is 17.8 Å². The number of nitrogens with zero attached hydrogens (tertiary/aromatic N) is 11. The van der Waals surface area contributed by atoms with Gasteiger partial charge in [-0.25, -0.2) is 20.4 Å². The first-order valence-corrected chi connectivity index (χ1v) is 33.8. The lowest BCUT2D eigenvalue weighted by molar-refractivity contribution is -0.155. The number of carbonyl (C=O) groups excluding carboxylic acids is 4. The van der Waals surface area contributed by atoms with Crippen LogP contribution in [0.25, 0.3) is 55.6 Å². The van der Waals surface area contributed by atoms with Crippen LogP contribution in [-0.4, -0.2) is 174 Å². The van der Waals surface area contributed by atoms with E-state index in [-0.39, 0.29) is 48.7 Å². The van der Waals surface area contributed by atoms with Crippen LogP contribution in [0.3, 0.4) is 0 Å². The first kappa shape index (κ1) is 67.7. The second kappa shape index (κ2) is 29.1. The fraction of sp³-hybridized carbons (Fsp3) is 0.444. The molecule has 5 unspecified atom stereocenters. The number of piperazine rings is 1. The van der Waals surface area contributed by atoms with E-state index in [0.29, 0.717) is 54.8 Å². The largest absolute Gasteiger partial charge is 0.494 e. The van der Waals surface area contributed by atoms with Crippen LogP contribution in [0.1, 0.15) is 76.3 Å². The summed E-state index contributed by atoms with van der Waals surface area (Å²) < 4.78 is 22.3. The number of cyclic esters (lactones) is 1. The van der Waals surface area contributed by atoms with Gasteiger partial charge < -0.3 is 58.9 Å². The first-order chi connectivity index (χ1) is 45.6. The zero-order valence-corrected chi connectivity index (χ0v) is 57.7. The minimum atomic E-state index is -0.825. The molecule has 6 bridgehead atoms. The Kier molecular flexibility index (Phi) is 20.7. The second-order valence-corrected chi connectivity index (χ2v) is 27.6. The third-order valence-corrected chi connectivity index (χ3v) is 19.5. The highest BCUT2D eigenvalue weighted by Crippen LogP contribution is 2.44. The van der Waals surface area contributed by atoms with Crippen LogP contribution in [0, 0.1) is 17.3 Å². The summed E-state index contributed by atoms with van der Waals surface area (Å²) in [6, 6.07) is 21.2. The Hall–Kier alpha value is -8.74. The van der Waals surface area contributed by atoms with Crippen molar-refractivity contribution in [1.29, 1.82) is 0 Å². The van der Waals surface area contributed by atoms with Crippen LogP contribution in [0.15, 0.2) is 103 Å². The number of ether oxygens (including phenoxy) is 3. The molecule has 8 aromatic rings. The first-order valence-electron chi connectivity index (χ1n) is 32.9. The molecule has 3 aromatic carbocycles. The van der Waals surface area contributed by atoms with E-state index in [4.69, 9.17) is 29.2 Å². The predicted octanol–water partition coefficient (Wildman–Crippen LogP) is 10.1. The van der Waals surface area contributed by atoms with Crippen molar-refractivity contribution in [3.8, 4) is 39.5 Å². The van der Waals surface area contributed by atoms with Crippen molar-refractivity contribution in [2.75, 3.05) is 115 Å². The third kappa shape index (κ3) is 15.2. The van der Waals surface area contributed by atoms with Crippen LogP contribution in [0.2, 0.25) is 0 Å². The normalized spacial score (nSPS) is 19.3. The maximum atomic E-state index is 14.1. The van der Waals surface area contributed by atoms with Crippen molar-refractivity contribution in [2.24, 2.45) is 24.3 Å². The quantitative estimate of drug-likeness (QED) is 0.0492. The fourth-order valence-corrected chi connectivity index (χ4v) is 13.8. The standard InChI is InChI=1S/C44H58N8O5S.C28H33N7O2/c1-8-51-37-12-11-28-19-31(37)33(40(51)32-20-29(23-45-39(32)27(3)56-7)50-16-14-49(6)15-17-50)22-44(4,5)25-57-43(55)34-10-9-13-52(48-34)42(54)35(21-38-46-36(28)24-58-38)47-41(53)30-18-26(30)2;1-7-27(36)30-22-16-23(26(37-6)17-25(22)34(4)15-14-33(2)3)32-28-29-13-12-21(31-28)20-18-35(5)24-11-9-8-10-19(20)24/h11-12,19-20,23-24,26-27,30,34-35,48H,8-10,13-18,21-22,25H2,1-7H3,(H,47,53);7-13,16-18H,1,14-15H2,2-6H3,(H,30,36)(H,29,31,32). The minimum Gasteiger partial charge on any atom is -0.494 e. The van der Waals surface area contributed by atoms with Gasteiger partial charge in [-0.3, -0.25) is 29.2 Å². The van der Waals surface area contributed by atoms with Crippen molar-refractivity contribution in [3.05, 3.63) is 120 Å². The van der Waals surface area contributed by atoms with Gasteiger partial charge in [0, 0.05) is 154 Å². The Balaban J connectivity index is 0.000000214. The minimum absolute atomic E-state index is 0.0897. The van der Waals surface area contributed by atoms with Gasteiger partial charge in [-0.05, 0) is 115 Å². The highest BCUT2D eigenvalue weighted by molar-refractivity contribution is 7.10. The van der Waals surface area contributed by atoms with Gasteiger partial charge in [-0.2, -0.15) is 0 Å². The van der Waals surface area contributed by atoms with Crippen LogP contribution in [0.4, 0.5) is 28.7 Å². The van der Waals surface area contributed by atoms with Gasteiger partial charge in [0.25, 0.3) is 5.91 Å². The van der Waals surface area contributed by atoms with Crippen LogP contribution in [0.5, 0.6) is 5.75 Å². The van der Waals surface area contributed by atoms with Crippen LogP contribution in [-0.2, 0) is 55.1 Å². The number of esters is 1. The molecule has 12 rings (SSSR count). The third-order valence-electron chi connectivity index (χ3n) is 18.7. The number of anilines is 5. The number of rotatable bonds is 17. The number of amides is 3. The van der Waals surface area contributed by atoms with E-state index < -0.39 is 17.5 Å². The van der Waals surface area contributed by atoms with E-state index in [1.807, 2.05) is 83.9 Å². The Labute approximate surface area is 561 Å². The van der Waals surface area contributed by atoms with Crippen molar-refractivity contribution in [2.45, 2.75) is 91.5 Å². The number of benzene rings is 3. The molecular formula is C72H91N15O7S. The Morgan fingerprint density at radius 3 is 2.43 bits per heavy atom. The molecular weight excluding hydrogens is 1220 g/mol. The van der Waals surface area contributed by atoms with E-state index in [1.54, 1.807) is 20.4 Å². The summed E-state index contributed by atoms with van der Waals surface area (Å²) >= 11 is 1.49. The number of nitrogens with one attached hydrogen (secondary N) is 4. The number of aryl methyl sites for hydroxylation is 2. The average molecular weight is 1310 g/mol. The van der Waals surface area contributed by atoms with Crippen molar-refractivity contribution >= 4 is 85.5 Å². The average Bonchev–Trinajstić information content (AvgIpc) is 1.60. The second-order valence-electron chi connectivity index (χ2n) is 26.6. The number of methoxy groups -OCH3 is 2. The Morgan fingerprint density at radius 1 is 0.926 bits per heavy atom. The lowest BCUT2D eigenvalue weighted by Crippen LogP contribution is -2.60. The fourth-order valence-electron chi connectivity index (χ4n) is 12.9. The summed E-state index contributed by atoms with van der Waals surface area (Å²) in [5, 5.41) is 15.8. The number of hydrogen-bond acceptors (Lipinski definition) is 18. The van der Waals surface area contributed by atoms with Gasteiger partial charge in [-0.15, -0.1) is 11.3 Å². The molecule has 0 spiro atoms. The molecule has 2 saturated heterocycles. The lowest BCUT2D eigenvalue weighted by atomic mass is 9.84. The molecule has 3 fully saturated rings. The molecule has 23 heteroatoms. The zero-order chi connectivity index (χ0) is 67.4. The SMILES string of the molecule is C=CC(=O)Nc1cc(Nc2nccc(-c3cn(C)c4ccccc34)n2)c(OC)cc1N(C)CCN(C)C.CCn1c(-c2cc(N3CCN(C)CC3)cnc2C(C)OC)c2c3cc(ccc31)-c1csc(n1)CC(NC(=O)C1CC1C)C(=O)N1CCCC(N1)C(=O)OCC(C)(C)C2. The zero-order valence-electron chi connectivity index (χ0n) is 56.9. The molecule has 3 aliphatic heterocycles. The topological polar surface area (TPSA) is 222 Å². The van der Waals surface area contributed by atoms with Gasteiger partial charge in [0.2, 0.25) is 17.8 Å². The highest BCUT2D eigenvalue weighted by Gasteiger charge is 2.42. The molecule has 5 aromatic heterocycles. The summed E-state index contributed by atoms with van der Waals surface area (Å²) in [6.07, 6.45) is 9.64. The summed E-state index contributed by atoms with van der Waals surface area (Å²) in [5.41, 5.74) is 15.9. The molecule has 4 aliphatic rings. The maximum Gasteiger partial charge on any atom is 0.324 e. The summed E-state index contributed by atoms with van der Waals surface area (Å²) in [7, 11) is 13.5. The molecule has 1 saturated carbocycles. The van der Waals surface area contributed by atoms with Crippen molar-refractivity contribution in [1.82, 2.24) is 54.6 Å². The number of hydrogen-bond donors (Lipinski definition) is 4. The predicted molar refractivity (Wildman–Crippen MR) is 377 cm³/mol. The van der Waals surface area contributed by atoms with E-state index >= 15 is 0 Å². The number of likely N-dealkylation sites (N-methyl/N-ethyl adjacent to an activating group) is 3. The lowest BCUT2D eigenvalue weighted by Gasteiger charge is -2.35. The number of para-hydroxylation sites is 1. The maximum absolute atomic E-state index is 14.1. The molecule has 95 heavy (non-hydrogen) atoms. The van der Waals surface area contributed by atoms with E-state index in [0.717, 1.165) is 135 Å². The smallest absolute Gasteiger partial charge is 0.324 e. The number of thiazole rings is 1. The van der Waals surface area contributed by atoms with Crippen LogP contribution < -0.4 is 35.9 Å². The van der Waals surface area contributed by atoms with Gasteiger partial charge in [0.05, 0.1) is 76.6 Å². The van der Waals surface area contributed by atoms with E-state index in [2.05, 4.69) is 132 Å². The summed E-state index contributed by atoms with van der Waals surface area (Å²) in [4.78, 5) is 81.7. The number of pyridine rings is 1. The van der Waals surface area contributed by atoms with Gasteiger partial charge in [-0.1, -0.05) is 51.6 Å². The van der Waals surface area contributed by atoms with E-state index in [9.17, 15) is 19.2 Å². The van der Waals surface area contributed by atoms with Gasteiger partial charge in [0.15, 0.2) is 0 Å². The number of fused-ring (bicyclic) bond motifs is 7. The highest BCUT2D eigenvalue weighted by atomic mass is 32.1. The molecule has 502 valence electrons. The molecule has 22 nitrogen and oxygen atoms in total. The Bertz CT molecular complexity index is 4130. The van der Waals surface area contributed by atoms with Crippen molar-refractivity contribution < 1.29 is 33.4 Å². The molecule has 8 heterocycles. The Morgan fingerprint density at radius 2 is 1.71 bits per heavy atom. The molecule has 3 amide bonds. The summed E-state index contributed by atoms with van der Waals surface area (Å²) in [6.45, 7) is 20.9. The number of hydrazine groups is 1. The van der Waals surface area contributed by atoms with Gasteiger partial charge >= 0.3 is 5.97 Å². The van der Waals surface area contributed by atoms with Crippen LogP contribution >= 0.6 is 11.3 Å². The molecule has 1 aliphatic carbocycles. The monoisotopic (exact) mass is 1310 g/mol. The number of carbonyl (C=O) groups is 4. The number of aromatic nitrogens is 6. The van der Waals surface area contributed by atoms with E-state index in [1.165, 1.54) is 22.4 Å². The molecule has 5 atom stereocenters. The summed E-state index contributed by atoms with van der Waals surface area (Å²) in [5.74, 6) is 0.156.